The molecule has 7 heteroatoms. The minimum absolute atomic E-state index is 0.0224. The fourth-order valence-electron chi connectivity index (χ4n) is 4.71. The number of hydrogen-bond acceptors (Lipinski definition) is 5. The number of benzene rings is 1. The van der Waals surface area contributed by atoms with Crippen molar-refractivity contribution in [3.8, 4) is 5.75 Å². The van der Waals surface area contributed by atoms with Crippen LogP contribution in [0.15, 0.2) is 28.8 Å². The number of amides is 2. The first-order chi connectivity index (χ1) is 15.5. The van der Waals surface area contributed by atoms with Gasteiger partial charge >= 0.3 is 0 Å². The Morgan fingerprint density at radius 3 is 2.50 bits per heavy atom. The minimum atomic E-state index is -0.0224. The summed E-state index contributed by atoms with van der Waals surface area (Å²) in [5.41, 5.74) is 2.34. The summed E-state index contributed by atoms with van der Waals surface area (Å²) in [6.07, 6.45) is 6.83. The number of hydrogen-bond donors (Lipinski definition) is 0. The molecule has 0 N–H and O–H groups in total. The van der Waals surface area contributed by atoms with Crippen LogP contribution < -0.4 is 4.74 Å². The molecule has 0 radical (unpaired) electrons. The van der Waals surface area contributed by atoms with Gasteiger partial charge in [0.1, 0.15) is 18.1 Å². The molecule has 32 heavy (non-hydrogen) atoms. The average molecular weight is 440 g/mol. The van der Waals surface area contributed by atoms with Crippen molar-refractivity contribution in [2.45, 2.75) is 59.0 Å². The van der Waals surface area contributed by atoms with Gasteiger partial charge in [0.15, 0.2) is 0 Å². The Balaban J connectivity index is 1.27. The molecular formula is C25H33N3O4. The van der Waals surface area contributed by atoms with Crippen molar-refractivity contribution in [1.82, 2.24) is 15.0 Å². The number of ether oxygens (including phenoxy) is 1. The minimum Gasteiger partial charge on any atom is -0.489 e. The van der Waals surface area contributed by atoms with Crippen molar-refractivity contribution in [3.63, 3.8) is 0 Å². The van der Waals surface area contributed by atoms with Crippen molar-refractivity contribution in [2.75, 3.05) is 26.2 Å². The summed E-state index contributed by atoms with van der Waals surface area (Å²) in [4.78, 5) is 29.3. The van der Waals surface area contributed by atoms with Crippen molar-refractivity contribution in [1.29, 1.82) is 0 Å². The second-order valence-electron chi connectivity index (χ2n) is 8.98. The predicted molar refractivity (Wildman–Crippen MR) is 120 cm³/mol. The number of piperazine rings is 1. The molecule has 2 aliphatic rings. The molecule has 1 aromatic carbocycles. The molecule has 7 nitrogen and oxygen atoms in total. The number of rotatable bonds is 7. The van der Waals surface area contributed by atoms with E-state index in [0.717, 1.165) is 29.4 Å². The number of aryl methyl sites for hydroxylation is 2. The van der Waals surface area contributed by atoms with E-state index >= 15 is 0 Å². The molecule has 2 heterocycles. The van der Waals surface area contributed by atoms with Gasteiger partial charge in [-0.25, -0.2) is 0 Å². The van der Waals surface area contributed by atoms with E-state index in [-0.39, 0.29) is 11.8 Å². The molecule has 0 unspecified atom stereocenters. The van der Waals surface area contributed by atoms with Gasteiger partial charge in [-0.05, 0) is 44.4 Å². The molecule has 1 aliphatic carbocycles. The molecule has 1 saturated carbocycles. The first-order valence-corrected chi connectivity index (χ1v) is 11.7. The third-order valence-corrected chi connectivity index (χ3v) is 6.81. The zero-order valence-electron chi connectivity index (χ0n) is 19.1. The van der Waals surface area contributed by atoms with Crippen LogP contribution in [-0.4, -0.2) is 52.9 Å². The van der Waals surface area contributed by atoms with Gasteiger partial charge < -0.3 is 19.1 Å². The maximum absolute atomic E-state index is 13.0. The van der Waals surface area contributed by atoms with Gasteiger partial charge in [-0.1, -0.05) is 36.9 Å². The standard InChI is InChI=1S/C25H33N3O4/c1-18-23(19(2)32-26-18)17-31-22-9-5-8-21(16-22)25(30)28-14-12-27(13-15-28)24(29)11-10-20-6-3-4-7-20/h5,8-9,16,20H,3-4,6-7,10-15,17H2,1-2H3. The molecular weight excluding hydrogens is 406 g/mol. The monoisotopic (exact) mass is 439 g/mol. The first-order valence-electron chi connectivity index (χ1n) is 11.7. The molecule has 2 amide bonds. The van der Waals surface area contributed by atoms with Gasteiger partial charge in [0.05, 0.1) is 11.3 Å². The van der Waals surface area contributed by atoms with Crippen LogP contribution in [0.5, 0.6) is 5.75 Å². The molecule has 0 bridgehead atoms. The van der Waals surface area contributed by atoms with Gasteiger partial charge in [0.25, 0.3) is 5.91 Å². The molecule has 1 saturated heterocycles. The highest BCUT2D eigenvalue weighted by molar-refractivity contribution is 5.94. The van der Waals surface area contributed by atoms with Crippen LogP contribution in [0, 0.1) is 19.8 Å². The molecule has 0 spiro atoms. The Morgan fingerprint density at radius 2 is 1.81 bits per heavy atom. The predicted octanol–water partition coefficient (Wildman–Crippen LogP) is 4.13. The lowest BCUT2D eigenvalue weighted by Crippen LogP contribution is -2.50. The van der Waals surface area contributed by atoms with Crippen LogP contribution in [0.1, 0.15) is 65.9 Å². The van der Waals surface area contributed by atoms with Gasteiger partial charge in [0.2, 0.25) is 5.91 Å². The second kappa shape index (κ2) is 10.2. The topological polar surface area (TPSA) is 75.9 Å². The number of nitrogens with zero attached hydrogens (tertiary/aromatic N) is 3. The van der Waals surface area contributed by atoms with E-state index in [1.54, 1.807) is 6.07 Å². The summed E-state index contributed by atoms with van der Waals surface area (Å²) >= 11 is 0. The summed E-state index contributed by atoms with van der Waals surface area (Å²) in [5, 5.41) is 3.94. The van der Waals surface area contributed by atoms with E-state index in [1.165, 1.54) is 25.7 Å². The smallest absolute Gasteiger partial charge is 0.254 e. The Bertz CT molecular complexity index is 921. The summed E-state index contributed by atoms with van der Waals surface area (Å²) in [7, 11) is 0. The highest BCUT2D eigenvalue weighted by Gasteiger charge is 2.26. The van der Waals surface area contributed by atoms with E-state index in [2.05, 4.69) is 5.16 Å². The third-order valence-electron chi connectivity index (χ3n) is 6.81. The third kappa shape index (κ3) is 5.31. The number of carbonyl (C=O) groups excluding carboxylic acids is 2. The van der Waals surface area contributed by atoms with Crippen molar-refractivity contribution in [2.24, 2.45) is 5.92 Å². The normalized spacial score (nSPS) is 17.1. The van der Waals surface area contributed by atoms with Crippen LogP contribution >= 0.6 is 0 Å². The first kappa shape index (κ1) is 22.4. The van der Waals surface area contributed by atoms with Gasteiger partial charge in [-0.3, -0.25) is 9.59 Å². The molecule has 1 aliphatic heterocycles. The molecule has 172 valence electrons. The van der Waals surface area contributed by atoms with Gasteiger partial charge in [0, 0.05) is 38.2 Å². The Kier molecular flexibility index (Phi) is 7.12. The summed E-state index contributed by atoms with van der Waals surface area (Å²) in [6, 6.07) is 7.26. The fraction of sp³-hybridized carbons (Fsp3) is 0.560. The quantitative estimate of drug-likeness (QED) is 0.649. The highest BCUT2D eigenvalue weighted by Crippen LogP contribution is 2.29. The zero-order chi connectivity index (χ0) is 22.5. The maximum Gasteiger partial charge on any atom is 0.254 e. The molecule has 4 rings (SSSR count). The van der Waals surface area contributed by atoms with E-state index < -0.39 is 0 Å². The summed E-state index contributed by atoms with van der Waals surface area (Å²) < 4.78 is 11.1. The van der Waals surface area contributed by atoms with Crippen LogP contribution in [0.2, 0.25) is 0 Å². The van der Waals surface area contributed by atoms with E-state index in [4.69, 9.17) is 9.26 Å². The highest BCUT2D eigenvalue weighted by atomic mass is 16.5. The number of carbonyl (C=O) groups is 2. The second-order valence-corrected chi connectivity index (χ2v) is 8.98. The lowest BCUT2D eigenvalue weighted by Gasteiger charge is -2.35. The Morgan fingerprint density at radius 1 is 1.09 bits per heavy atom. The van der Waals surface area contributed by atoms with Crippen molar-refractivity contribution >= 4 is 11.8 Å². The maximum atomic E-state index is 13.0. The molecule has 2 fully saturated rings. The zero-order valence-corrected chi connectivity index (χ0v) is 19.1. The molecule has 0 atom stereocenters. The van der Waals surface area contributed by atoms with Gasteiger partial charge in [-0.2, -0.15) is 0 Å². The van der Waals surface area contributed by atoms with E-state index in [9.17, 15) is 9.59 Å². The van der Waals surface area contributed by atoms with E-state index in [0.29, 0.717) is 50.5 Å². The lowest BCUT2D eigenvalue weighted by atomic mass is 10.0. The average Bonchev–Trinajstić information content (AvgIpc) is 3.45. The Labute approximate surface area is 189 Å². The largest absolute Gasteiger partial charge is 0.489 e. The summed E-state index contributed by atoms with van der Waals surface area (Å²) in [5.74, 6) is 2.32. The summed E-state index contributed by atoms with van der Waals surface area (Å²) in [6.45, 7) is 6.44. The lowest BCUT2D eigenvalue weighted by molar-refractivity contribution is -0.133. The fourth-order valence-corrected chi connectivity index (χ4v) is 4.71. The van der Waals surface area contributed by atoms with Crippen LogP contribution in [-0.2, 0) is 11.4 Å². The SMILES string of the molecule is Cc1noc(C)c1COc1cccc(C(=O)N2CCN(C(=O)CCC3CCCC3)CC2)c1. The van der Waals surface area contributed by atoms with Crippen molar-refractivity contribution < 1.29 is 18.8 Å². The van der Waals surface area contributed by atoms with Crippen LogP contribution in [0.4, 0.5) is 0 Å². The van der Waals surface area contributed by atoms with Crippen LogP contribution in [0.25, 0.3) is 0 Å². The molecule has 1 aromatic heterocycles. The van der Waals surface area contributed by atoms with Crippen molar-refractivity contribution in [3.05, 3.63) is 46.8 Å². The Hall–Kier alpha value is -2.83. The van der Waals surface area contributed by atoms with Gasteiger partial charge in [-0.15, -0.1) is 0 Å². The van der Waals surface area contributed by atoms with Crippen LogP contribution in [0.3, 0.4) is 0 Å². The number of aromatic nitrogens is 1. The van der Waals surface area contributed by atoms with E-state index in [1.807, 2.05) is 41.8 Å². The molecule has 2 aromatic rings.